The summed E-state index contributed by atoms with van der Waals surface area (Å²) < 4.78 is 4.72. The Hall–Kier alpha value is -6.36. The summed E-state index contributed by atoms with van der Waals surface area (Å²) in [6, 6.07) is 42.6. The van der Waals surface area contributed by atoms with E-state index in [1.807, 2.05) is 30.3 Å². The Bertz CT molecular complexity index is 2610. The number of hydrogen-bond donors (Lipinski definition) is 0. The van der Waals surface area contributed by atoms with E-state index in [1.54, 1.807) is 0 Å². The lowest BCUT2D eigenvalue weighted by Crippen LogP contribution is -2.07. The van der Waals surface area contributed by atoms with Crippen molar-refractivity contribution in [1.82, 2.24) is 9.13 Å². The molecule has 0 saturated heterocycles. The Balaban J connectivity index is 1.14. The van der Waals surface area contributed by atoms with Gasteiger partial charge in [0.05, 0.1) is 45.5 Å². The van der Waals surface area contributed by atoms with Crippen molar-refractivity contribution < 1.29 is 0 Å². The minimum Gasteiger partial charge on any atom is -0.313 e. The second-order valence-corrected chi connectivity index (χ2v) is 12.6. The average molecular weight is 615 g/mol. The number of nitriles is 2. The van der Waals surface area contributed by atoms with Crippen molar-refractivity contribution in [1.29, 1.82) is 10.5 Å². The predicted molar refractivity (Wildman–Crippen MR) is 195 cm³/mol. The normalized spacial score (nSPS) is 15.4. The van der Waals surface area contributed by atoms with Crippen molar-refractivity contribution >= 4 is 44.4 Å². The molecule has 1 unspecified atom stereocenters. The van der Waals surface area contributed by atoms with Gasteiger partial charge in [0.25, 0.3) is 0 Å². The number of para-hydroxylation sites is 2. The summed E-state index contributed by atoms with van der Waals surface area (Å²) in [7, 11) is 0. The molecule has 0 spiro atoms. The summed E-state index contributed by atoms with van der Waals surface area (Å²) in [6.45, 7) is 0. The zero-order valence-corrected chi connectivity index (χ0v) is 26.3. The van der Waals surface area contributed by atoms with Crippen LogP contribution < -0.4 is 0 Å². The summed E-state index contributed by atoms with van der Waals surface area (Å²) in [4.78, 5) is 0. The highest BCUT2D eigenvalue weighted by atomic mass is 15.0. The number of fused-ring (bicyclic) bond motifs is 6. The second-order valence-electron chi connectivity index (χ2n) is 12.6. The summed E-state index contributed by atoms with van der Waals surface area (Å²) in [5, 5.41) is 23.0. The third kappa shape index (κ3) is 4.35. The molecule has 2 heterocycles. The molecule has 1 atom stereocenters. The lowest BCUT2D eigenvalue weighted by molar-refractivity contribution is 0.845. The maximum Gasteiger partial charge on any atom is 0.0991 e. The molecular weight excluding hydrogens is 585 g/mol. The second kappa shape index (κ2) is 11.2. The lowest BCUT2D eigenvalue weighted by atomic mass is 9.86. The molecule has 226 valence electrons. The fourth-order valence-corrected chi connectivity index (χ4v) is 7.79. The van der Waals surface area contributed by atoms with Crippen LogP contribution in [0.5, 0.6) is 0 Å². The first kappa shape index (κ1) is 27.9. The van der Waals surface area contributed by atoms with E-state index in [9.17, 15) is 10.5 Å². The van der Waals surface area contributed by atoms with Gasteiger partial charge in [-0.2, -0.15) is 10.5 Å². The van der Waals surface area contributed by atoms with Gasteiger partial charge in [-0.1, -0.05) is 78.9 Å². The van der Waals surface area contributed by atoms with E-state index in [1.165, 1.54) is 39.0 Å². The lowest BCUT2D eigenvalue weighted by Gasteiger charge is -2.22. The van der Waals surface area contributed by atoms with E-state index in [0.717, 1.165) is 52.3 Å². The van der Waals surface area contributed by atoms with Crippen LogP contribution in [0.4, 0.5) is 0 Å². The molecule has 7 aromatic rings. The standard InChI is InChI=1S/C44H30N4/c45-27-29-16-22-43(48-42-15-6-3-12-37(42)39-25-30(28-46)17-23-44(39)48)38(24-29)33-9-7-8-32(26-33)31-18-20-34(21-19-31)47-40-13-4-1-10-35(40)36-11-2-5-14-41(36)47/h1-4,6-8,10-13,15-26,33H,5,9,14H2. The van der Waals surface area contributed by atoms with Crippen LogP contribution in [0, 0.1) is 22.7 Å². The number of allylic oxidation sites excluding steroid dienone is 5. The van der Waals surface area contributed by atoms with E-state index in [4.69, 9.17) is 0 Å². The van der Waals surface area contributed by atoms with Crippen molar-refractivity contribution in [2.75, 3.05) is 0 Å². The molecule has 0 saturated carbocycles. The molecule has 48 heavy (non-hydrogen) atoms. The zero-order valence-electron chi connectivity index (χ0n) is 26.3. The SMILES string of the molecule is N#Cc1ccc(-n2c3ccccc3c3cc(C#N)ccc32)c(C2C=C(c3ccc(-n4c5c(c6ccccc64)C=CCC5)cc3)C=CC2)c1. The van der Waals surface area contributed by atoms with Crippen LogP contribution in [0.3, 0.4) is 0 Å². The van der Waals surface area contributed by atoms with Crippen molar-refractivity contribution in [3.05, 3.63) is 167 Å². The Morgan fingerprint density at radius 2 is 1.33 bits per heavy atom. The largest absolute Gasteiger partial charge is 0.313 e. The maximum absolute atomic E-state index is 9.93. The first-order valence-corrected chi connectivity index (χ1v) is 16.5. The Morgan fingerprint density at radius 1 is 0.625 bits per heavy atom. The number of nitrogens with zero attached hydrogens (tertiary/aromatic N) is 4. The van der Waals surface area contributed by atoms with E-state index in [-0.39, 0.29) is 5.92 Å². The van der Waals surface area contributed by atoms with Crippen LogP contribution in [0.1, 0.15) is 52.3 Å². The van der Waals surface area contributed by atoms with Gasteiger partial charge in [0.1, 0.15) is 0 Å². The van der Waals surface area contributed by atoms with Gasteiger partial charge in [0.15, 0.2) is 0 Å². The fraction of sp³-hybridized carbons (Fsp3) is 0.0909. The third-order valence-corrected chi connectivity index (χ3v) is 9.97. The summed E-state index contributed by atoms with van der Waals surface area (Å²) in [5.41, 5.74) is 13.1. The molecule has 4 heteroatoms. The smallest absolute Gasteiger partial charge is 0.0991 e. The molecular formula is C44H30N4. The van der Waals surface area contributed by atoms with E-state index < -0.39 is 0 Å². The first-order valence-electron chi connectivity index (χ1n) is 16.5. The minimum atomic E-state index is 0.0785. The summed E-state index contributed by atoms with van der Waals surface area (Å²) in [6.07, 6.45) is 14.3. The molecule has 0 amide bonds. The van der Waals surface area contributed by atoms with Gasteiger partial charge in [-0.05, 0) is 96.6 Å². The molecule has 0 N–H and O–H groups in total. The van der Waals surface area contributed by atoms with E-state index >= 15 is 0 Å². The monoisotopic (exact) mass is 614 g/mol. The highest BCUT2D eigenvalue weighted by molar-refractivity contribution is 6.09. The minimum absolute atomic E-state index is 0.0785. The third-order valence-electron chi connectivity index (χ3n) is 9.97. The number of rotatable bonds is 4. The molecule has 2 aliphatic carbocycles. The van der Waals surface area contributed by atoms with E-state index in [0.29, 0.717) is 11.1 Å². The predicted octanol–water partition coefficient (Wildman–Crippen LogP) is 10.6. The molecule has 0 bridgehead atoms. The quantitative estimate of drug-likeness (QED) is 0.198. The van der Waals surface area contributed by atoms with Crippen LogP contribution in [-0.2, 0) is 6.42 Å². The van der Waals surface area contributed by atoms with Gasteiger partial charge in [0.2, 0.25) is 0 Å². The molecule has 9 rings (SSSR count). The van der Waals surface area contributed by atoms with Crippen LogP contribution in [0.2, 0.25) is 0 Å². The average Bonchev–Trinajstić information content (AvgIpc) is 3.67. The van der Waals surface area contributed by atoms with Crippen LogP contribution in [0.25, 0.3) is 55.7 Å². The highest BCUT2D eigenvalue weighted by Crippen LogP contribution is 2.40. The van der Waals surface area contributed by atoms with Crippen molar-refractivity contribution in [3.8, 4) is 23.5 Å². The molecule has 0 aliphatic heterocycles. The summed E-state index contributed by atoms with van der Waals surface area (Å²) in [5.74, 6) is 0.0785. The molecule has 2 aromatic heterocycles. The van der Waals surface area contributed by atoms with Gasteiger partial charge < -0.3 is 9.13 Å². The Kier molecular flexibility index (Phi) is 6.49. The van der Waals surface area contributed by atoms with Crippen LogP contribution in [0.15, 0.2) is 133 Å². The van der Waals surface area contributed by atoms with E-state index in [2.05, 4.69) is 131 Å². The zero-order chi connectivity index (χ0) is 32.2. The Morgan fingerprint density at radius 3 is 2.15 bits per heavy atom. The number of aromatic nitrogens is 2. The first-order chi connectivity index (χ1) is 23.7. The molecule has 5 aromatic carbocycles. The van der Waals surface area contributed by atoms with Crippen LogP contribution in [-0.4, -0.2) is 9.13 Å². The van der Waals surface area contributed by atoms with Crippen molar-refractivity contribution in [2.45, 2.75) is 25.2 Å². The van der Waals surface area contributed by atoms with Gasteiger partial charge in [0, 0.05) is 39.0 Å². The van der Waals surface area contributed by atoms with Crippen molar-refractivity contribution in [2.24, 2.45) is 0 Å². The van der Waals surface area contributed by atoms with Crippen molar-refractivity contribution in [3.63, 3.8) is 0 Å². The van der Waals surface area contributed by atoms with Crippen LogP contribution >= 0.6 is 0 Å². The van der Waals surface area contributed by atoms with Gasteiger partial charge in [-0.3, -0.25) is 0 Å². The summed E-state index contributed by atoms with van der Waals surface area (Å²) >= 11 is 0. The highest BCUT2D eigenvalue weighted by Gasteiger charge is 2.22. The molecule has 0 radical (unpaired) electrons. The van der Waals surface area contributed by atoms with Gasteiger partial charge in [-0.15, -0.1) is 0 Å². The van der Waals surface area contributed by atoms with Gasteiger partial charge >= 0.3 is 0 Å². The fourth-order valence-electron chi connectivity index (χ4n) is 7.79. The molecule has 2 aliphatic rings. The number of benzene rings is 5. The Labute approximate surface area is 279 Å². The maximum atomic E-state index is 9.93. The molecule has 4 nitrogen and oxygen atoms in total. The number of hydrogen-bond acceptors (Lipinski definition) is 2. The topological polar surface area (TPSA) is 57.4 Å². The molecule has 0 fully saturated rings. The van der Waals surface area contributed by atoms with Gasteiger partial charge in [-0.25, -0.2) is 0 Å².